The van der Waals surface area contributed by atoms with Crippen molar-refractivity contribution < 1.29 is 9.18 Å². The second-order valence-corrected chi connectivity index (χ2v) is 6.14. The molecule has 2 aromatic rings. The summed E-state index contributed by atoms with van der Waals surface area (Å²) in [6.45, 7) is 3.59. The summed E-state index contributed by atoms with van der Waals surface area (Å²) < 4.78 is 15.6. The molecule has 0 aliphatic carbocycles. The monoisotopic (exact) mass is 317 g/mol. The number of carbonyl (C=O) groups is 1. The highest BCUT2D eigenvalue weighted by Gasteiger charge is 2.44. The van der Waals surface area contributed by atoms with Crippen molar-refractivity contribution in [2.45, 2.75) is 25.9 Å². The number of carbonyl (C=O) groups excluding carboxylic acids is 1. The Morgan fingerprint density at radius 1 is 1.48 bits per heavy atom. The highest BCUT2D eigenvalue weighted by atomic mass is 19.1. The van der Waals surface area contributed by atoms with Crippen molar-refractivity contribution in [1.29, 1.82) is 0 Å². The van der Waals surface area contributed by atoms with Crippen LogP contribution in [0.25, 0.3) is 0 Å². The zero-order valence-electron chi connectivity index (χ0n) is 13.0. The molecule has 1 aromatic heterocycles. The third kappa shape index (κ3) is 3.39. The van der Waals surface area contributed by atoms with Crippen molar-refractivity contribution in [1.82, 2.24) is 25.4 Å². The lowest BCUT2D eigenvalue weighted by molar-refractivity contribution is -0.134. The van der Waals surface area contributed by atoms with E-state index in [0.717, 1.165) is 0 Å². The van der Waals surface area contributed by atoms with Gasteiger partial charge in [-0.15, -0.1) is 0 Å². The molecule has 2 N–H and O–H groups in total. The molecule has 2 heterocycles. The lowest BCUT2D eigenvalue weighted by atomic mass is 9.75. The van der Waals surface area contributed by atoms with E-state index in [9.17, 15) is 9.18 Å². The largest absolute Gasteiger partial charge is 0.351 e. The maximum atomic E-state index is 13.9. The first-order chi connectivity index (χ1) is 11.1. The van der Waals surface area contributed by atoms with E-state index in [1.807, 2.05) is 6.92 Å². The first kappa shape index (κ1) is 15.6. The second kappa shape index (κ2) is 6.45. The molecule has 1 aliphatic rings. The van der Waals surface area contributed by atoms with Crippen LogP contribution in [0, 0.1) is 11.2 Å². The van der Waals surface area contributed by atoms with Gasteiger partial charge < -0.3 is 10.6 Å². The van der Waals surface area contributed by atoms with Gasteiger partial charge in [-0.2, -0.15) is 5.10 Å². The summed E-state index contributed by atoms with van der Waals surface area (Å²) in [4.78, 5) is 16.6. The Morgan fingerprint density at radius 3 is 2.87 bits per heavy atom. The highest BCUT2D eigenvalue weighted by Crippen LogP contribution is 2.29. The molecular weight excluding hydrogens is 297 g/mol. The quantitative estimate of drug-likeness (QED) is 0.825. The van der Waals surface area contributed by atoms with Crippen LogP contribution in [-0.4, -0.2) is 39.8 Å². The number of aromatic nitrogens is 3. The molecule has 1 fully saturated rings. The Kier molecular flexibility index (Phi) is 4.38. The molecule has 1 atom stereocenters. The van der Waals surface area contributed by atoms with Crippen molar-refractivity contribution in [2.75, 3.05) is 13.1 Å². The lowest BCUT2D eigenvalue weighted by Crippen LogP contribution is -2.63. The SMILES string of the molecule is CC(Cn1cncn1)NC(=O)C1(Cc2ccccc2F)CNC1. The van der Waals surface area contributed by atoms with E-state index >= 15 is 0 Å². The van der Waals surface area contributed by atoms with Gasteiger partial charge >= 0.3 is 0 Å². The summed E-state index contributed by atoms with van der Waals surface area (Å²) in [6, 6.07) is 6.54. The number of hydrogen-bond acceptors (Lipinski definition) is 4. The molecule has 3 rings (SSSR count). The normalized spacial score (nSPS) is 17.3. The fourth-order valence-electron chi connectivity index (χ4n) is 2.83. The molecule has 0 bridgehead atoms. The molecule has 6 nitrogen and oxygen atoms in total. The predicted octanol–water partition coefficient (Wildman–Crippen LogP) is 0.754. The predicted molar refractivity (Wildman–Crippen MR) is 83.0 cm³/mol. The molecule has 1 aromatic carbocycles. The average Bonchev–Trinajstić information content (AvgIpc) is 2.97. The molecule has 0 radical (unpaired) electrons. The van der Waals surface area contributed by atoms with Crippen molar-refractivity contribution in [3.63, 3.8) is 0 Å². The third-order valence-electron chi connectivity index (χ3n) is 4.20. The average molecular weight is 317 g/mol. The minimum Gasteiger partial charge on any atom is -0.351 e. The maximum Gasteiger partial charge on any atom is 0.229 e. The maximum absolute atomic E-state index is 13.9. The summed E-state index contributed by atoms with van der Waals surface area (Å²) in [5.74, 6) is -0.311. The van der Waals surface area contributed by atoms with E-state index in [1.165, 1.54) is 12.4 Å². The third-order valence-corrected chi connectivity index (χ3v) is 4.20. The standard InChI is InChI=1S/C16H20FN5O/c1-12(7-22-11-19-10-20-22)21-15(23)16(8-18-9-16)6-13-4-2-3-5-14(13)17/h2-5,10-12,18H,6-9H2,1H3,(H,21,23). The van der Waals surface area contributed by atoms with E-state index in [2.05, 4.69) is 20.7 Å². The minimum absolute atomic E-state index is 0.0490. The van der Waals surface area contributed by atoms with Crippen molar-refractivity contribution in [3.8, 4) is 0 Å². The fourth-order valence-corrected chi connectivity index (χ4v) is 2.83. The number of nitrogens with zero attached hydrogens (tertiary/aromatic N) is 3. The molecular formula is C16H20FN5O. The smallest absolute Gasteiger partial charge is 0.229 e. The summed E-state index contributed by atoms with van der Waals surface area (Å²) in [5, 5.41) is 10.2. The molecule has 23 heavy (non-hydrogen) atoms. The van der Waals surface area contributed by atoms with Crippen LogP contribution < -0.4 is 10.6 Å². The summed E-state index contributed by atoms with van der Waals surface area (Å²) in [7, 11) is 0. The van der Waals surface area contributed by atoms with Crippen LogP contribution in [0.2, 0.25) is 0 Å². The van der Waals surface area contributed by atoms with Gasteiger partial charge in [0.25, 0.3) is 0 Å². The Labute approximate surface area is 134 Å². The summed E-state index contributed by atoms with van der Waals surface area (Å²) >= 11 is 0. The number of halogens is 1. The second-order valence-electron chi connectivity index (χ2n) is 6.14. The van der Waals surface area contributed by atoms with Gasteiger partial charge in [0.05, 0.1) is 12.0 Å². The van der Waals surface area contributed by atoms with Crippen molar-refractivity contribution in [3.05, 3.63) is 48.3 Å². The molecule has 1 saturated heterocycles. The van der Waals surface area contributed by atoms with Gasteiger partial charge in [0, 0.05) is 19.1 Å². The molecule has 122 valence electrons. The van der Waals surface area contributed by atoms with E-state index < -0.39 is 5.41 Å². The zero-order chi connectivity index (χ0) is 16.3. The van der Waals surface area contributed by atoms with Gasteiger partial charge in [-0.05, 0) is 25.0 Å². The Balaban J connectivity index is 1.65. The highest BCUT2D eigenvalue weighted by molar-refractivity contribution is 5.84. The summed E-state index contributed by atoms with van der Waals surface area (Å²) in [6.07, 6.45) is 3.47. The lowest BCUT2D eigenvalue weighted by Gasteiger charge is -2.42. The number of rotatable bonds is 6. The van der Waals surface area contributed by atoms with Gasteiger partial charge in [0.2, 0.25) is 5.91 Å². The van der Waals surface area contributed by atoms with Crippen LogP contribution in [0.5, 0.6) is 0 Å². The van der Waals surface area contributed by atoms with Crippen LogP contribution in [0.1, 0.15) is 12.5 Å². The number of nitrogens with one attached hydrogen (secondary N) is 2. The first-order valence-corrected chi connectivity index (χ1v) is 7.67. The van der Waals surface area contributed by atoms with Crippen molar-refractivity contribution in [2.24, 2.45) is 5.41 Å². The fraction of sp³-hybridized carbons (Fsp3) is 0.438. The van der Waals surface area contributed by atoms with Crippen LogP contribution in [-0.2, 0) is 17.8 Å². The van der Waals surface area contributed by atoms with E-state index in [0.29, 0.717) is 31.6 Å². The Morgan fingerprint density at radius 2 is 2.26 bits per heavy atom. The van der Waals surface area contributed by atoms with Crippen LogP contribution >= 0.6 is 0 Å². The Bertz CT molecular complexity index is 669. The van der Waals surface area contributed by atoms with E-state index in [1.54, 1.807) is 29.2 Å². The molecule has 1 aliphatic heterocycles. The minimum atomic E-state index is -0.585. The molecule has 1 unspecified atom stereocenters. The first-order valence-electron chi connectivity index (χ1n) is 7.67. The molecule has 7 heteroatoms. The molecule has 0 spiro atoms. The Hall–Kier alpha value is -2.28. The van der Waals surface area contributed by atoms with Crippen molar-refractivity contribution >= 4 is 5.91 Å². The van der Waals surface area contributed by atoms with Gasteiger partial charge in [0.15, 0.2) is 0 Å². The van der Waals surface area contributed by atoms with Gasteiger partial charge in [-0.1, -0.05) is 18.2 Å². The number of benzene rings is 1. The van der Waals surface area contributed by atoms with Crippen LogP contribution in [0.15, 0.2) is 36.9 Å². The molecule has 0 saturated carbocycles. The van der Waals surface area contributed by atoms with Crippen LogP contribution in [0.3, 0.4) is 0 Å². The van der Waals surface area contributed by atoms with E-state index in [-0.39, 0.29) is 17.8 Å². The number of amides is 1. The zero-order valence-corrected chi connectivity index (χ0v) is 13.0. The van der Waals surface area contributed by atoms with Gasteiger partial charge in [0.1, 0.15) is 18.5 Å². The summed E-state index contributed by atoms with van der Waals surface area (Å²) in [5.41, 5.74) is -0.00758. The van der Waals surface area contributed by atoms with Gasteiger partial charge in [-0.25, -0.2) is 9.37 Å². The van der Waals surface area contributed by atoms with E-state index in [4.69, 9.17) is 0 Å². The number of hydrogen-bond donors (Lipinski definition) is 2. The van der Waals surface area contributed by atoms with Crippen LogP contribution in [0.4, 0.5) is 4.39 Å². The molecule has 1 amide bonds. The topological polar surface area (TPSA) is 71.8 Å². The van der Waals surface area contributed by atoms with Gasteiger partial charge in [-0.3, -0.25) is 9.48 Å².